The number of benzene rings is 1. The van der Waals surface area contributed by atoms with Crippen LogP contribution >= 0.6 is 0 Å². The average Bonchev–Trinajstić information content (AvgIpc) is 3.18. The number of nitrogens with zero attached hydrogens (tertiary/aromatic N) is 2. The Hall–Kier alpha value is -2.80. The summed E-state index contributed by atoms with van der Waals surface area (Å²) in [6.45, 7) is 0. The van der Waals surface area contributed by atoms with Crippen molar-refractivity contribution in [3.05, 3.63) is 76.7 Å². The molecule has 1 aromatic carbocycles. The van der Waals surface area contributed by atoms with Crippen LogP contribution in [0.15, 0.2) is 48.8 Å². The van der Waals surface area contributed by atoms with Gasteiger partial charge in [0.2, 0.25) is 0 Å². The first kappa shape index (κ1) is 21.1. The van der Waals surface area contributed by atoms with Crippen molar-refractivity contribution in [2.75, 3.05) is 0 Å². The molecule has 5 rings (SSSR count). The van der Waals surface area contributed by atoms with E-state index < -0.39 is 17.9 Å². The zero-order valence-electron chi connectivity index (χ0n) is 17.4. The zero-order chi connectivity index (χ0) is 22.5. The van der Waals surface area contributed by atoms with Gasteiger partial charge in [0.25, 0.3) is 0 Å². The van der Waals surface area contributed by atoms with E-state index in [1.54, 1.807) is 12.4 Å². The molecule has 2 aliphatic rings. The Morgan fingerprint density at radius 3 is 2.66 bits per heavy atom. The summed E-state index contributed by atoms with van der Waals surface area (Å²) < 4.78 is 52.9. The third-order valence-electron chi connectivity index (χ3n) is 6.65. The predicted molar refractivity (Wildman–Crippen MR) is 116 cm³/mol. The zero-order valence-corrected chi connectivity index (χ0v) is 17.4. The molecule has 0 bridgehead atoms. The number of aromatic nitrogens is 2. The maximum Gasteiger partial charge on any atom is 0.416 e. The highest BCUT2D eigenvalue weighted by atomic mass is 19.4. The van der Waals surface area contributed by atoms with Gasteiger partial charge in [-0.2, -0.15) is 13.2 Å². The van der Waals surface area contributed by atoms with Crippen molar-refractivity contribution in [2.24, 2.45) is 11.7 Å². The van der Waals surface area contributed by atoms with Gasteiger partial charge in [0, 0.05) is 35.1 Å². The summed E-state index contributed by atoms with van der Waals surface area (Å²) in [6, 6.07) is 7.61. The van der Waals surface area contributed by atoms with Crippen molar-refractivity contribution in [1.82, 2.24) is 9.97 Å². The number of rotatable bonds is 3. The van der Waals surface area contributed by atoms with Crippen molar-refractivity contribution in [2.45, 2.75) is 50.5 Å². The van der Waals surface area contributed by atoms with Crippen LogP contribution in [0.3, 0.4) is 0 Å². The number of hydrogen-bond donors (Lipinski definition) is 1. The van der Waals surface area contributed by atoms with Crippen LogP contribution in [0.5, 0.6) is 0 Å². The van der Waals surface area contributed by atoms with Crippen molar-refractivity contribution in [3.8, 4) is 0 Å². The highest BCUT2D eigenvalue weighted by Gasteiger charge is 2.32. The molecule has 0 amide bonds. The number of hydrogen-bond acceptors (Lipinski definition) is 3. The van der Waals surface area contributed by atoms with Gasteiger partial charge in [0.1, 0.15) is 6.17 Å². The minimum absolute atomic E-state index is 0.180. The first-order valence-corrected chi connectivity index (χ1v) is 10.8. The lowest BCUT2D eigenvalue weighted by Gasteiger charge is -2.30. The van der Waals surface area contributed by atoms with Crippen LogP contribution < -0.4 is 5.73 Å². The van der Waals surface area contributed by atoms with E-state index in [-0.39, 0.29) is 12.0 Å². The van der Waals surface area contributed by atoms with Crippen molar-refractivity contribution in [3.63, 3.8) is 0 Å². The van der Waals surface area contributed by atoms with Gasteiger partial charge < -0.3 is 5.73 Å². The van der Waals surface area contributed by atoms with Gasteiger partial charge in [0.05, 0.1) is 11.1 Å². The molecule has 1 fully saturated rings. The van der Waals surface area contributed by atoms with E-state index in [2.05, 4.69) is 4.98 Å². The van der Waals surface area contributed by atoms with Crippen molar-refractivity contribution >= 4 is 16.5 Å². The fraction of sp³-hybridized carbons (Fsp3) is 0.360. The number of fused-ring (bicyclic) bond motifs is 2. The van der Waals surface area contributed by atoms with Crippen LogP contribution in [0.25, 0.3) is 16.5 Å². The molecule has 3 unspecified atom stereocenters. The first-order valence-electron chi connectivity index (χ1n) is 10.8. The lowest BCUT2D eigenvalue weighted by molar-refractivity contribution is -0.137. The average molecular weight is 441 g/mol. The van der Waals surface area contributed by atoms with Gasteiger partial charge in [-0.05, 0) is 79.0 Å². The van der Waals surface area contributed by atoms with E-state index in [0.29, 0.717) is 31.2 Å². The van der Waals surface area contributed by atoms with Crippen LogP contribution in [-0.2, 0) is 19.0 Å². The Morgan fingerprint density at radius 1 is 1.03 bits per heavy atom. The molecule has 2 aliphatic carbocycles. The molecule has 0 aliphatic heterocycles. The molecular formula is C25H23F4N3. The second-order valence-corrected chi connectivity index (χ2v) is 8.79. The number of pyridine rings is 2. The molecule has 0 saturated heterocycles. The quantitative estimate of drug-likeness (QED) is 0.535. The van der Waals surface area contributed by atoms with E-state index in [1.807, 2.05) is 18.2 Å². The fourth-order valence-corrected chi connectivity index (χ4v) is 4.91. The van der Waals surface area contributed by atoms with Crippen LogP contribution in [0.1, 0.15) is 47.2 Å². The van der Waals surface area contributed by atoms with Crippen molar-refractivity contribution < 1.29 is 17.6 Å². The molecule has 0 spiro atoms. The number of nitrogens with two attached hydrogens (primary N) is 1. The molecule has 3 atom stereocenters. The Morgan fingerprint density at radius 2 is 1.88 bits per heavy atom. The summed E-state index contributed by atoms with van der Waals surface area (Å²) in [7, 11) is 0. The third kappa shape index (κ3) is 3.90. The molecule has 166 valence electrons. The molecule has 3 aromatic rings. The van der Waals surface area contributed by atoms with Gasteiger partial charge in [0.15, 0.2) is 0 Å². The number of halogens is 4. The topological polar surface area (TPSA) is 51.8 Å². The van der Waals surface area contributed by atoms with E-state index >= 15 is 0 Å². The largest absolute Gasteiger partial charge is 0.416 e. The molecule has 7 heteroatoms. The Balaban J connectivity index is 1.49. The molecule has 2 N–H and O–H groups in total. The summed E-state index contributed by atoms with van der Waals surface area (Å²) in [5, 5.41) is 0.865. The maximum absolute atomic E-state index is 13.6. The second-order valence-electron chi connectivity index (χ2n) is 8.79. The van der Waals surface area contributed by atoms with Crippen LogP contribution in [-0.4, -0.2) is 22.2 Å². The summed E-state index contributed by atoms with van der Waals surface area (Å²) in [5.41, 5.74) is 10.3. The summed E-state index contributed by atoms with van der Waals surface area (Å²) in [5.74, 6) is 0.185. The van der Waals surface area contributed by atoms with Gasteiger partial charge in [-0.1, -0.05) is 12.1 Å². The molecule has 32 heavy (non-hydrogen) atoms. The van der Waals surface area contributed by atoms with E-state index in [9.17, 15) is 17.6 Å². The normalized spacial score (nSPS) is 23.3. The third-order valence-corrected chi connectivity index (χ3v) is 6.65. The van der Waals surface area contributed by atoms with Gasteiger partial charge in [-0.25, -0.2) is 4.39 Å². The smallest absolute Gasteiger partial charge is 0.327 e. The minimum Gasteiger partial charge on any atom is -0.327 e. The Kier molecular flexibility index (Phi) is 5.24. The van der Waals surface area contributed by atoms with Crippen molar-refractivity contribution in [1.29, 1.82) is 0 Å². The molecule has 1 saturated carbocycles. The van der Waals surface area contributed by atoms with Gasteiger partial charge >= 0.3 is 6.18 Å². The lowest BCUT2D eigenvalue weighted by atomic mass is 9.81. The lowest BCUT2D eigenvalue weighted by Crippen LogP contribution is -2.38. The SMILES string of the molecule is NC1CC(F)CCC1Cc1ccc2cncc(C3=CCc4cc(C(F)(F)F)ccc43)c2n1. The Labute approximate surface area is 183 Å². The number of alkyl halides is 4. The highest BCUT2D eigenvalue weighted by Crippen LogP contribution is 2.39. The van der Waals surface area contributed by atoms with E-state index in [4.69, 9.17) is 10.7 Å². The van der Waals surface area contributed by atoms with Crippen LogP contribution in [0, 0.1) is 5.92 Å². The van der Waals surface area contributed by atoms with Crippen LogP contribution in [0.4, 0.5) is 17.6 Å². The molecular weight excluding hydrogens is 418 g/mol. The van der Waals surface area contributed by atoms with Gasteiger partial charge in [-0.15, -0.1) is 0 Å². The monoisotopic (exact) mass is 441 g/mol. The number of allylic oxidation sites excluding steroid dienone is 1. The predicted octanol–water partition coefficient (Wildman–Crippen LogP) is 5.64. The van der Waals surface area contributed by atoms with Gasteiger partial charge in [-0.3, -0.25) is 9.97 Å². The first-order chi connectivity index (χ1) is 15.3. The van der Waals surface area contributed by atoms with E-state index in [0.717, 1.165) is 45.8 Å². The Bertz CT molecular complexity index is 1200. The van der Waals surface area contributed by atoms with E-state index in [1.165, 1.54) is 12.1 Å². The second kappa shape index (κ2) is 7.96. The molecule has 3 nitrogen and oxygen atoms in total. The summed E-state index contributed by atoms with van der Waals surface area (Å²) in [4.78, 5) is 9.22. The highest BCUT2D eigenvalue weighted by molar-refractivity contribution is 5.96. The summed E-state index contributed by atoms with van der Waals surface area (Å²) >= 11 is 0. The summed E-state index contributed by atoms with van der Waals surface area (Å²) in [6.07, 6.45) is 2.98. The fourth-order valence-electron chi connectivity index (χ4n) is 4.91. The van der Waals surface area contributed by atoms with Crippen LogP contribution in [0.2, 0.25) is 0 Å². The molecule has 2 aromatic heterocycles. The minimum atomic E-state index is -4.36. The maximum atomic E-state index is 13.6. The standard InChI is InChI=1S/C25H23F4N3/c26-18-5-1-15(23(30)11-18)10-19-6-2-16-12-31-13-22(24(16)32-19)21-7-3-14-9-17(25(27,28)29)4-8-20(14)21/h2,4,6-9,12-13,15,18,23H,1,3,5,10-11,30H2. The molecule has 0 radical (unpaired) electrons. The molecule has 2 heterocycles.